The lowest BCUT2D eigenvalue weighted by atomic mass is 9.57. The molecule has 1 spiro atoms. The molecule has 3 rings (SSSR count). The highest BCUT2D eigenvalue weighted by molar-refractivity contribution is 5.75. The molecule has 0 radical (unpaired) electrons. The van der Waals surface area contributed by atoms with Gasteiger partial charge in [0.15, 0.2) is 0 Å². The van der Waals surface area contributed by atoms with Crippen LogP contribution in [0.1, 0.15) is 67.6 Å². The largest absolute Gasteiger partial charge is 0.356 e. The summed E-state index contributed by atoms with van der Waals surface area (Å²) in [5.41, 5.74) is 0.620. The third kappa shape index (κ3) is 7.00. The Morgan fingerprint density at radius 1 is 0.929 bits per heavy atom. The van der Waals surface area contributed by atoms with Crippen LogP contribution in [0.2, 0.25) is 0 Å². The summed E-state index contributed by atoms with van der Waals surface area (Å²) in [7, 11) is 0. The Balaban J connectivity index is 0.00000136. The van der Waals surface area contributed by atoms with Crippen molar-refractivity contribution in [3.8, 4) is 0 Å². The van der Waals surface area contributed by atoms with E-state index in [0.717, 1.165) is 12.5 Å². The number of likely N-dealkylation sites (N-methyl/N-ethyl adjacent to an activating group) is 1. The zero-order valence-corrected chi connectivity index (χ0v) is 19.1. The van der Waals surface area contributed by atoms with E-state index in [0.29, 0.717) is 11.8 Å². The van der Waals surface area contributed by atoms with Gasteiger partial charge in [0.25, 0.3) is 0 Å². The number of rotatable bonds is 8. The summed E-state index contributed by atoms with van der Waals surface area (Å²) in [6.45, 7) is 20.5. The minimum atomic E-state index is 0. The van der Waals surface area contributed by atoms with Crippen molar-refractivity contribution in [2.75, 3.05) is 65.4 Å². The van der Waals surface area contributed by atoms with Crippen molar-refractivity contribution in [1.29, 1.82) is 0 Å². The number of carbonyl (C=O) groups excluding carboxylic acids is 1. The van der Waals surface area contributed by atoms with E-state index in [-0.39, 0.29) is 7.33 Å². The van der Waals surface area contributed by atoms with E-state index in [2.05, 4.69) is 26.9 Å². The van der Waals surface area contributed by atoms with Gasteiger partial charge >= 0.3 is 0 Å². The molecule has 0 aromatic carbocycles. The Bertz CT molecular complexity index is 438. The fraction of sp³-hybridized carbons (Fsp3) is 0.957. The summed E-state index contributed by atoms with van der Waals surface area (Å²) in [6.07, 6.45) is 7.37. The van der Waals surface area contributed by atoms with E-state index < -0.39 is 0 Å². The number of likely N-dealkylation sites (tertiary alicyclic amines) is 1. The highest BCUT2D eigenvalue weighted by atomic mass is 16.1. The maximum atomic E-state index is 11.4. The van der Waals surface area contributed by atoms with Crippen LogP contribution in [0.5, 0.6) is 0 Å². The highest BCUT2D eigenvalue weighted by Gasteiger charge is 2.45. The van der Waals surface area contributed by atoms with Gasteiger partial charge < -0.3 is 20.0 Å². The Morgan fingerprint density at radius 3 is 2.00 bits per heavy atom. The monoisotopic (exact) mass is 396 g/mol. The van der Waals surface area contributed by atoms with Gasteiger partial charge in [-0.25, -0.2) is 0 Å². The molecule has 1 amide bonds. The van der Waals surface area contributed by atoms with Crippen molar-refractivity contribution in [2.24, 2.45) is 11.3 Å². The second kappa shape index (κ2) is 12.1. The van der Waals surface area contributed by atoms with Gasteiger partial charge in [-0.2, -0.15) is 0 Å². The molecule has 2 aliphatic heterocycles. The fourth-order valence-electron chi connectivity index (χ4n) is 5.20. The molecule has 2 saturated heterocycles. The first kappa shape index (κ1) is 23.6. The lowest BCUT2D eigenvalue weighted by molar-refractivity contribution is -0.121. The Morgan fingerprint density at radius 2 is 1.46 bits per heavy atom. The van der Waals surface area contributed by atoms with Gasteiger partial charge in [0.2, 0.25) is 5.91 Å². The molecule has 166 valence electrons. The predicted molar refractivity (Wildman–Crippen MR) is 121 cm³/mol. The van der Waals surface area contributed by atoms with Gasteiger partial charge in [0.1, 0.15) is 0 Å². The van der Waals surface area contributed by atoms with Crippen molar-refractivity contribution < 1.29 is 6.22 Å². The summed E-state index contributed by atoms with van der Waals surface area (Å²) < 4.78 is 0. The van der Waals surface area contributed by atoms with Crippen molar-refractivity contribution >= 4 is 5.91 Å². The molecule has 1 saturated carbocycles. The quantitative estimate of drug-likeness (QED) is 0.683. The van der Waals surface area contributed by atoms with Crippen molar-refractivity contribution in [3.05, 3.63) is 0 Å². The van der Waals surface area contributed by atoms with E-state index in [9.17, 15) is 4.79 Å². The second-order valence-electron chi connectivity index (χ2n) is 8.90. The van der Waals surface area contributed by atoms with Gasteiger partial charge in [0.05, 0.1) is 0 Å². The predicted octanol–water partition coefficient (Wildman–Crippen LogP) is 3.30. The standard InChI is InChI=1S/C21H40N4O.C2H6.H2/c1-3-20(26)22-18-19-16-21(17-19)6-10-24(11-7-21)8-5-9-25-14-12-23(4-2)13-15-25;1-2;/h19H,3-18H2,1-2H3,(H,22,26);1-2H3;1H. The molecule has 3 aliphatic rings. The molecule has 3 fully saturated rings. The zero-order valence-electron chi connectivity index (χ0n) is 19.1. The number of nitrogens with zero attached hydrogens (tertiary/aromatic N) is 3. The van der Waals surface area contributed by atoms with Crippen LogP contribution in [-0.4, -0.2) is 86.1 Å². The highest BCUT2D eigenvalue weighted by Crippen LogP contribution is 2.52. The van der Waals surface area contributed by atoms with Crippen molar-refractivity contribution in [3.63, 3.8) is 0 Å². The summed E-state index contributed by atoms with van der Waals surface area (Å²) >= 11 is 0. The molecule has 0 unspecified atom stereocenters. The molecule has 2 heterocycles. The van der Waals surface area contributed by atoms with E-state index in [1.54, 1.807) is 0 Å². The fourth-order valence-corrected chi connectivity index (χ4v) is 5.20. The number of piperidine rings is 1. The van der Waals surface area contributed by atoms with Gasteiger partial charge in [-0.1, -0.05) is 27.7 Å². The summed E-state index contributed by atoms with van der Waals surface area (Å²) in [6, 6.07) is 0. The lowest BCUT2D eigenvalue weighted by Gasteiger charge is -2.52. The molecule has 0 aromatic heterocycles. The minimum Gasteiger partial charge on any atom is -0.356 e. The maximum absolute atomic E-state index is 11.4. The summed E-state index contributed by atoms with van der Waals surface area (Å²) in [4.78, 5) is 19.3. The normalized spacial score (nSPS) is 23.7. The number of hydrogen-bond donors (Lipinski definition) is 1. The molecule has 5 nitrogen and oxygen atoms in total. The zero-order chi connectivity index (χ0) is 20.4. The summed E-state index contributed by atoms with van der Waals surface area (Å²) in [5, 5.41) is 3.07. The van der Waals surface area contributed by atoms with Gasteiger partial charge in [-0.3, -0.25) is 4.79 Å². The average Bonchev–Trinajstić information content (AvgIpc) is 2.73. The van der Waals surface area contributed by atoms with Crippen LogP contribution in [0.4, 0.5) is 0 Å². The van der Waals surface area contributed by atoms with Crippen LogP contribution in [-0.2, 0) is 4.79 Å². The van der Waals surface area contributed by atoms with E-state index in [1.807, 2.05) is 20.8 Å². The third-order valence-corrected chi connectivity index (χ3v) is 7.13. The number of piperazine rings is 1. The Hall–Kier alpha value is -0.650. The molecular weight excluding hydrogens is 348 g/mol. The average molecular weight is 397 g/mol. The van der Waals surface area contributed by atoms with Gasteiger partial charge in [-0.05, 0) is 76.2 Å². The Kier molecular flexibility index (Phi) is 10.2. The van der Waals surface area contributed by atoms with Crippen LogP contribution in [0.25, 0.3) is 0 Å². The first-order valence-corrected chi connectivity index (χ1v) is 12.1. The van der Waals surface area contributed by atoms with Crippen LogP contribution in [0, 0.1) is 11.3 Å². The Labute approximate surface area is 175 Å². The third-order valence-electron chi connectivity index (χ3n) is 7.13. The molecule has 5 heteroatoms. The molecule has 1 aliphatic carbocycles. The van der Waals surface area contributed by atoms with Gasteiger partial charge in [-0.15, -0.1) is 0 Å². The molecule has 0 bridgehead atoms. The topological polar surface area (TPSA) is 38.8 Å². The van der Waals surface area contributed by atoms with Crippen molar-refractivity contribution in [2.45, 2.75) is 66.2 Å². The number of nitrogens with one attached hydrogen (secondary N) is 1. The first-order valence-electron chi connectivity index (χ1n) is 12.1. The van der Waals surface area contributed by atoms with Crippen molar-refractivity contribution in [1.82, 2.24) is 20.0 Å². The van der Waals surface area contributed by atoms with E-state index in [4.69, 9.17) is 0 Å². The minimum absolute atomic E-state index is 0. The SMILES string of the molecule is CC.CCC(=O)NCC1CC2(CCN(CCCN3CCN(CC)CC3)CC2)C1.[HH]. The first-order chi connectivity index (χ1) is 13.6. The maximum Gasteiger partial charge on any atom is 0.219 e. The van der Waals surface area contributed by atoms with Crippen LogP contribution in [0.15, 0.2) is 0 Å². The number of carbonyl (C=O) groups is 1. The molecule has 0 atom stereocenters. The van der Waals surface area contributed by atoms with Crippen LogP contribution >= 0.6 is 0 Å². The van der Waals surface area contributed by atoms with E-state index >= 15 is 0 Å². The lowest BCUT2D eigenvalue weighted by Crippen LogP contribution is -2.50. The number of amides is 1. The summed E-state index contributed by atoms with van der Waals surface area (Å²) in [5.74, 6) is 0.940. The van der Waals surface area contributed by atoms with Gasteiger partial charge in [0, 0.05) is 40.6 Å². The molecule has 28 heavy (non-hydrogen) atoms. The number of hydrogen-bond acceptors (Lipinski definition) is 4. The molecule has 0 aromatic rings. The molecule has 1 N–H and O–H groups in total. The van der Waals surface area contributed by atoms with Crippen LogP contribution < -0.4 is 5.32 Å². The second-order valence-corrected chi connectivity index (χ2v) is 8.90. The smallest absolute Gasteiger partial charge is 0.219 e. The van der Waals surface area contributed by atoms with E-state index in [1.165, 1.54) is 91.0 Å². The van der Waals surface area contributed by atoms with Crippen LogP contribution in [0.3, 0.4) is 0 Å². The molecular formula is C23H48N4O.